The summed E-state index contributed by atoms with van der Waals surface area (Å²) in [5, 5.41) is 0. The van der Waals surface area contributed by atoms with Crippen LogP contribution < -0.4 is 0 Å². The van der Waals surface area contributed by atoms with E-state index >= 15 is 0 Å². The first-order chi connectivity index (χ1) is 7.97. The molecule has 0 atom stereocenters. The number of benzene rings is 1. The maximum absolute atomic E-state index is 13.0. The van der Waals surface area contributed by atoms with Gasteiger partial charge in [-0.15, -0.1) is 0 Å². The van der Waals surface area contributed by atoms with Crippen LogP contribution >= 0.6 is 24.0 Å². The second-order valence-electron chi connectivity index (χ2n) is 3.44. The lowest BCUT2D eigenvalue weighted by Gasteiger charge is -2.03. The van der Waals surface area contributed by atoms with Crippen molar-refractivity contribution in [2.24, 2.45) is 0 Å². The van der Waals surface area contributed by atoms with Gasteiger partial charge in [-0.3, -0.25) is 9.69 Å². The Bertz CT molecular complexity index is 522. The molecule has 1 aromatic carbocycles. The van der Waals surface area contributed by atoms with Crippen molar-refractivity contribution >= 4 is 40.3 Å². The Morgan fingerprint density at radius 3 is 2.35 bits per heavy atom. The number of halogens is 2. The molecule has 0 radical (unpaired) electrons. The quantitative estimate of drug-likeness (QED) is 0.578. The molecule has 1 aliphatic rings. The number of likely N-dealkylation sites (N-methyl/N-ethyl adjacent to an activating group) is 1. The Hall–Kier alpha value is -1.27. The Kier molecular flexibility index (Phi) is 3.26. The van der Waals surface area contributed by atoms with Gasteiger partial charge >= 0.3 is 0 Å². The molecule has 1 aliphatic heterocycles. The van der Waals surface area contributed by atoms with Gasteiger partial charge in [0.05, 0.1) is 4.91 Å². The van der Waals surface area contributed by atoms with E-state index in [0.29, 0.717) is 14.8 Å². The number of carbonyl (C=O) groups excluding carboxylic acids is 1. The largest absolute Gasteiger partial charge is 0.296 e. The van der Waals surface area contributed by atoms with Gasteiger partial charge in [0, 0.05) is 13.1 Å². The van der Waals surface area contributed by atoms with Crippen LogP contribution in [0.25, 0.3) is 6.08 Å². The highest BCUT2D eigenvalue weighted by Gasteiger charge is 2.28. The van der Waals surface area contributed by atoms with Crippen LogP contribution in [0.15, 0.2) is 23.1 Å². The molecule has 0 saturated carbocycles. The number of thiocarbonyl (C=S) groups is 1. The fourth-order valence-corrected chi connectivity index (χ4v) is 2.53. The Morgan fingerprint density at radius 1 is 1.29 bits per heavy atom. The summed E-state index contributed by atoms with van der Waals surface area (Å²) in [6, 6.07) is 3.10. The van der Waals surface area contributed by atoms with E-state index in [4.69, 9.17) is 12.2 Å². The van der Waals surface area contributed by atoms with Crippen molar-refractivity contribution in [3.8, 4) is 0 Å². The Morgan fingerprint density at radius 2 is 1.88 bits per heavy atom. The third-order valence-electron chi connectivity index (χ3n) is 2.17. The van der Waals surface area contributed by atoms with E-state index in [0.717, 1.165) is 30.0 Å². The molecule has 0 bridgehead atoms. The molecule has 0 aliphatic carbocycles. The monoisotopic (exact) mass is 271 g/mol. The van der Waals surface area contributed by atoms with Gasteiger partial charge in [0.15, 0.2) is 0 Å². The van der Waals surface area contributed by atoms with Crippen LogP contribution in [-0.4, -0.2) is 22.2 Å². The Labute approximate surface area is 106 Å². The number of thioether (sulfide) groups is 1. The maximum Gasteiger partial charge on any atom is 0.265 e. The van der Waals surface area contributed by atoms with E-state index in [-0.39, 0.29) is 5.91 Å². The minimum absolute atomic E-state index is 0.260. The summed E-state index contributed by atoms with van der Waals surface area (Å²) in [4.78, 5) is 13.3. The fraction of sp³-hybridized carbons (Fsp3) is 0.0909. The normalized spacial score (nSPS) is 18.3. The number of amides is 1. The minimum atomic E-state index is -0.678. The van der Waals surface area contributed by atoms with Gasteiger partial charge in [0.2, 0.25) is 0 Å². The molecule has 1 amide bonds. The molecule has 6 heteroatoms. The molecule has 0 aromatic heterocycles. The van der Waals surface area contributed by atoms with Gasteiger partial charge in [-0.05, 0) is 23.8 Å². The van der Waals surface area contributed by atoms with E-state index in [1.54, 1.807) is 7.05 Å². The number of rotatable bonds is 1. The van der Waals surface area contributed by atoms with Crippen molar-refractivity contribution in [1.82, 2.24) is 4.90 Å². The van der Waals surface area contributed by atoms with Crippen LogP contribution in [0.1, 0.15) is 5.56 Å². The van der Waals surface area contributed by atoms with Gasteiger partial charge in [-0.1, -0.05) is 24.0 Å². The predicted octanol–water partition coefficient (Wildman–Crippen LogP) is 2.80. The molecule has 2 nitrogen and oxygen atoms in total. The lowest BCUT2D eigenvalue weighted by atomic mass is 10.2. The Balaban J connectivity index is 2.37. The minimum Gasteiger partial charge on any atom is -0.296 e. The highest BCUT2D eigenvalue weighted by molar-refractivity contribution is 8.26. The second-order valence-corrected chi connectivity index (χ2v) is 5.12. The first-order valence-corrected chi connectivity index (χ1v) is 5.87. The summed E-state index contributed by atoms with van der Waals surface area (Å²) in [5.41, 5.74) is 0.302. The lowest BCUT2D eigenvalue weighted by molar-refractivity contribution is -0.121. The zero-order valence-corrected chi connectivity index (χ0v) is 10.4. The second kappa shape index (κ2) is 4.54. The third-order valence-corrected chi connectivity index (χ3v) is 3.65. The van der Waals surface area contributed by atoms with E-state index in [1.807, 2.05) is 0 Å². The topological polar surface area (TPSA) is 20.3 Å². The van der Waals surface area contributed by atoms with E-state index in [1.165, 1.54) is 11.0 Å². The molecule has 1 saturated heterocycles. The van der Waals surface area contributed by atoms with Gasteiger partial charge < -0.3 is 0 Å². The number of hydrogen-bond acceptors (Lipinski definition) is 3. The third kappa shape index (κ3) is 2.53. The molecular weight excluding hydrogens is 264 g/mol. The maximum atomic E-state index is 13.0. The average molecular weight is 271 g/mol. The van der Waals surface area contributed by atoms with E-state index < -0.39 is 11.6 Å². The predicted molar refractivity (Wildman–Crippen MR) is 67.3 cm³/mol. The van der Waals surface area contributed by atoms with Crippen LogP contribution in [0.5, 0.6) is 0 Å². The van der Waals surface area contributed by atoms with Gasteiger partial charge in [0.25, 0.3) is 5.91 Å². The van der Waals surface area contributed by atoms with Gasteiger partial charge in [-0.25, -0.2) is 8.78 Å². The molecule has 0 spiro atoms. The highest BCUT2D eigenvalue weighted by Crippen LogP contribution is 2.31. The first kappa shape index (κ1) is 12.2. The van der Waals surface area contributed by atoms with Crippen molar-refractivity contribution in [3.05, 3.63) is 40.3 Å². The molecule has 1 fully saturated rings. The van der Waals surface area contributed by atoms with Crippen molar-refractivity contribution in [2.45, 2.75) is 0 Å². The lowest BCUT2D eigenvalue weighted by Crippen LogP contribution is -2.22. The van der Waals surface area contributed by atoms with Crippen LogP contribution in [0, 0.1) is 11.6 Å². The van der Waals surface area contributed by atoms with Gasteiger partial charge in [-0.2, -0.15) is 0 Å². The summed E-state index contributed by atoms with van der Waals surface area (Å²) in [6.07, 6.45) is 1.43. The zero-order valence-electron chi connectivity index (χ0n) is 8.74. The molecule has 2 rings (SSSR count). The summed E-state index contributed by atoms with van der Waals surface area (Å²) < 4.78 is 26.3. The highest BCUT2D eigenvalue weighted by atomic mass is 32.2. The molecule has 0 unspecified atom stereocenters. The summed E-state index contributed by atoms with van der Waals surface area (Å²) in [5.74, 6) is -1.61. The SMILES string of the molecule is CN1C(=O)/C(=C/c2cc(F)cc(F)c2)SC1=S. The molecule has 1 heterocycles. The number of carbonyl (C=O) groups is 1. The van der Waals surface area contributed by atoms with Crippen LogP contribution in [0.2, 0.25) is 0 Å². The molecule has 88 valence electrons. The first-order valence-electron chi connectivity index (χ1n) is 4.65. The van der Waals surface area contributed by atoms with Crippen molar-refractivity contribution < 1.29 is 13.6 Å². The van der Waals surface area contributed by atoms with Crippen molar-refractivity contribution in [3.63, 3.8) is 0 Å². The van der Waals surface area contributed by atoms with Crippen LogP contribution in [0.4, 0.5) is 8.78 Å². The number of nitrogens with zero attached hydrogens (tertiary/aromatic N) is 1. The number of hydrogen-bond donors (Lipinski definition) is 0. The fourth-order valence-electron chi connectivity index (χ4n) is 1.36. The van der Waals surface area contributed by atoms with Crippen molar-refractivity contribution in [2.75, 3.05) is 7.05 Å². The van der Waals surface area contributed by atoms with Crippen LogP contribution in [-0.2, 0) is 4.79 Å². The van der Waals surface area contributed by atoms with E-state index in [2.05, 4.69) is 0 Å². The molecule has 0 N–H and O–H groups in total. The average Bonchev–Trinajstić information content (AvgIpc) is 2.45. The van der Waals surface area contributed by atoms with Crippen molar-refractivity contribution in [1.29, 1.82) is 0 Å². The molecule has 1 aromatic rings. The molecule has 17 heavy (non-hydrogen) atoms. The van der Waals surface area contributed by atoms with Crippen LogP contribution in [0.3, 0.4) is 0 Å². The summed E-state index contributed by atoms with van der Waals surface area (Å²) >= 11 is 6.06. The summed E-state index contributed by atoms with van der Waals surface area (Å²) in [7, 11) is 1.56. The standard InChI is InChI=1S/C11H7F2NOS2/c1-14-10(15)9(17-11(14)16)4-6-2-7(12)5-8(13)3-6/h2-5H,1H3/b9-4-. The summed E-state index contributed by atoms with van der Waals surface area (Å²) in [6.45, 7) is 0. The van der Waals surface area contributed by atoms with Gasteiger partial charge in [0.1, 0.15) is 16.0 Å². The smallest absolute Gasteiger partial charge is 0.265 e. The molecular formula is C11H7F2NOS2. The zero-order chi connectivity index (χ0) is 12.6. The van der Waals surface area contributed by atoms with E-state index in [9.17, 15) is 13.6 Å².